The summed E-state index contributed by atoms with van der Waals surface area (Å²) in [5, 5.41) is 5.48. The van der Waals surface area contributed by atoms with Gasteiger partial charge in [-0.25, -0.2) is 4.68 Å². The van der Waals surface area contributed by atoms with Gasteiger partial charge in [0.05, 0.1) is 22.3 Å². The number of halogens is 2. The summed E-state index contributed by atoms with van der Waals surface area (Å²) in [5.74, 6) is 0.654. The first kappa shape index (κ1) is 13.2. The Morgan fingerprint density at radius 3 is 2.56 bits per heavy atom. The van der Waals surface area contributed by atoms with Crippen LogP contribution in [0.15, 0.2) is 18.2 Å². The van der Waals surface area contributed by atoms with Gasteiger partial charge >= 0.3 is 0 Å². The number of rotatable bonds is 3. The Morgan fingerprint density at radius 1 is 1.22 bits per heavy atom. The lowest BCUT2D eigenvalue weighted by Gasteiger charge is -2.05. The fourth-order valence-electron chi connectivity index (χ4n) is 1.70. The third-order valence-corrected chi connectivity index (χ3v) is 3.54. The van der Waals surface area contributed by atoms with Crippen molar-refractivity contribution >= 4 is 23.2 Å². The summed E-state index contributed by atoms with van der Waals surface area (Å²) in [6.07, 6.45) is 0. The molecule has 1 aromatic carbocycles. The van der Waals surface area contributed by atoms with Gasteiger partial charge in [-0.3, -0.25) is 0 Å². The SMILES string of the molecule is CCOc1nn(-c2ccc(Cl)c(Cl)c2)c(C)c1C. The van der Waals surface area contributed by atoms with Gasteiger partial charge in [-0.15, -0.1) is 5.10 Å². The van der Waals surface area contributed by atoms with Crippen molar-refractivity contribution in [1.82, 2.24) is 9.78 Å². The number of ether oxygens (including phenoxy) is 1. The molecule has 5 heteroatoms. The molecule has 1 aromatic heterocycles. The Balaban J connectivity index is 2.50. The first-order valence-corrected chi connectivity index (χ1v) is 6.44. The van der Waals surface area contributed by atoms with Gasteiger partial charge in [0.25, 0.3) is 0 Å². The van der Waals surface area contributed by atoms with E-state index in [1.165, 1.54) is 0 Å². The second-order valence-electron chi connectivity index (χ2n) is 3.96. The molecule has 2 rings (SSSR count). The first-order chi connectivity index (χ1) is 8.54. The van der Waals surface area contributed by atoms with Crippen LogP contribution in [0.1, 0.15) is 18.2 Å². The predicted octanol–water partition coefficient (Wildman–Crippen LogP) is 4.19. The summed E-state index contributed by atoms with van der Waals surface area (Å²) in [6.45, 7) is 6.51. The van der Waals surface area contributed by atoms with Gasteiger partial charge in [-0.05, 0) is 39.0 Å². The summed E-state index contributed by atoms with van der Waals surface area (Å²) < 4.78 is 7.29. The zero-order valence-electron chi connectivity index (χ0n) is 10.5. The zero-order valence-corrected chi connectivity index (χ0v) is 12.0. The van der Waals surface area contributed by atoms with Crippen LogP contribution in [0.25, 0.3) is 5.69 Å². The molecular formula is C13H14Cl2N2O. The van der Waals surface area contributed by atoms with Crippen LogP contribution in [-0.4, -0.2) is 16.4 Å². The maximum atomic E-state index is 6.02. The summed E-state index contributed by atoms with van der Waals surface area (Å²) >= 11 is 11.9. The van der Waals surface area contributed by atoms with Crippen LogP contribution in [0.5, 0.6) is 5.88 Å². The molecule has 0 saturated carbocycles. The highest BCUT2D eigenvalue weighted by molar-refractivity contribution is 6.42. The van der Waals surface area contributed by atoms with Gasteiger partial charge in [0.1, 0.15) is 0 Å². The molecule has 0 amide bonds. The molecule has 0 spiro atoms. The Kier molecular flexibility index (Phi) is 3.83. The first-order valence-electron chi connectivity index (χ1n) is 5.69. The number of nitrogens with zero attached hydrogens (tertiary/aromatic N) is 2. The molecule has 3 nitrogen and oxygen atoms in total. The highest BCUT2D eigenvalue weighted by Gasteiger charge is 2.13. The molecule has 2 aromatic rings. The highest BCUT2D eigenvalue weighted by Crippen LogP contribution is 2.27. The zero-order chi connectivity index (χ0) is 13.3. The van der Waals surface area contributed by atoms with Crippen LogP contribution >= 0.6 is 23.2 Å². The maximum Gasteiger partial charge on any atom is 0.236 e. The van der Waals surface area contributed by atoms with E-state index in [1.807, 2.05) is 31.5 Å². The van der Waals surface area contributed by atoms with E-state index in [0.717, 1.165) is 16.9 Å². The van der Waals surface area contributed by atoms with E-state index in [0.29, 0.717) is 22.5 Å². The van der Waals surface area contributed by atoms with E-state index >= 15 is 0 Å². The van der Waals surface area contributed by atoms with Gasteiger partial charge in [0.15, 0.2) is 0 Å². The minimum Gasteiger partial charge on any atom is -0.477 e. The number of benzene rings is 1. The summed E-state index contributed by atoms with van der Waals surface area (Å²) in [6, 6.07) is 5.43. The average molecular weight is 285 g/mol. The molecule has 96 valence electrons. The normalized spacial score (nSPS) is 10.7. The van der Waals surface area contributed by atoms with Crippen molar-refractivity contribution in [3.8, 4) is 11.6 Å². The van der Waals surface area contributed by atoms with E-state index in [2.05, 4.69) is 5.10 Å². The summed E-state index contributed by atoms with van der Waals surface area (Å²) in [7, 11) is 0. The molecule has 0 aliphatic heterocycles. The van der Waals surface area contributed by atoms with Gasteiger partial charge in [0, 0.05) is 11.3 Å². The molecule has 1 heterocycles. The molecule has 0 atom stereocenters. The molecule has 0 aliphatic rings. The molecule has 0 fully saturated rings. The van der Waals surface area contributed by atoms with Crippen molar-refractivity contribution < 1.29 is 4.74 Å². The fraction of sp³-hybridized carbons (Fsp3) is 0.308. The molecule has 0 unspecified atom stereocenters. The predicted molar refractivity (Wildman–Crippen MR) is 74.2 cm³/mol. The quantitative estimate of drug-likeness (QED) is 0.845. The van der Waals surface area contributed by atoms with Crippen LogP contribution < -0.4 is 4.74 Å². The van der Waals surface area contributed by atoms with Crippen LogP contribution in [0.4, 0.5) is 0 Å². The molecular weight excluding hydrogens is 271 g/mol. The van der Waals surface area contributed by atoms with Gasteiger partial charge in [-0.1, -0.05) is 23.2 Å². The van der Waals surface area contributed by atoms with Crippen molar-refractivity contribution in [1.29, 1.82) is 0 Å². The van der Waals surface area contributed by atoms with E-state index in [-0.39, 0.29) is 0 Å². The maximum absolute atomic E-state index is 6.02. The Labute approximate surface area is 116 Å². The second-order valence-corrected chi connectivity index (χ2v) is 4.77. The van der Waals surface area contributed by atoms with Crippen molar-refractivity contribution in [2.24, 2.45) is 0 Å². The lowest BCUT2D eigenvalue weighted by Crippen LogP contribution is -1.99. The van der Waals surface area contributed by atoms with Crippen LogP contribution in [0.3, 0.4) is 0 Å². The smallest absolute Gasteiger partial charge is 0.236 e. The topological polar surface area (TPSA) is 27.1 Å². The number of hydrogen-bond donors (Lipinski definition) is 0. The van der Waals surface area contributed by atoms with Gasteiger partial charge in [-0.2, -0.15) is 0 Å². The molecule has 0 radical (unpaired) electrons. The number of hydrogen-bond acceptors (Lipinski definition) is 2. The fourth-order valence-corrected chi connectivity index (χ4v) is 1.99. The lowest BCUT2D eigenvalue weighted by atomic mass is 10.2. The lowest BCUT2D eigenvalue weighted by molar-refractivity contribution is 0.322. The minimum absolute atomic E-state index is 0.514. The summed E-state index contributed by atoms with van der Waals surface area (Å²) in [4.78, 5) is 0. The van der Waals surface area contributed by atoms with E-state index in [9.17, 15) is 0 Å². The van der Waals surface area contributed by atoms with E-state index in [1.54, 1.807) is 12.1 Å². The molecule has 0 bridgehead atoms. The van der Waals surface area contributed by atoms with Crippen LogP contribution in [0, 0.1) is 13.8 Å². The van der Waals surface area contributed by atoms with Crippen molar-refractivity contribution in [3.05, 3.63) is 39.5 Å². The standard InChI is InChI=1S/C13H14Cl2N2O/c1-4-18-13-8(2)9(3)17(16-13)10-5-6-11(14)12(15)7-10/h5-7H,4H2,1-3H3. The van der Waals surface area contributed by atoms with Crippen LogP contribution in [-0.2, 0) is 0 Å². The van der Waals surface area contributed by atoms with Gasteiger partial charge < -0.3 is 4.74 Å². The van der Waals surface area contributed by atoms with Crippen molar-refractivity contribution in [2.75, 3.05) is 6.61 Å². The summed E-state index contributed by atoms with van der Waals surface area (Å²) in [5.41, 5.74) is 2.93. The second kappa shape index (κ2) is 5.21. The van der Waals surface area contributed by atoms with E-state index in [4.69, 9.17) is 27.9 Å². The molecule has 18 heavy (non-hydrogen) atoms. The number of aromatic nitrogens is 2. The van der Waals surface area contributed by atoms with E-state index < -0.39 is 0 Å². The third kappa shape index (κ3) is 2.33. The average Bonchev–Trinajstić information content (AvgIpc) is 2.62. The van der Waals surface area contributed by atoms with Crippen LogP contribution in [0.2, 0.25) is 10.0 Å². The third-order valence-electron chi connectivity index (χ3n) is 2.80. The molecule has 0 N–H and O–H groups in total. The monoisotopic (exact) mass is 284 g/mol. The largest absolute Gasteiger partial charge is 0.477 e. The highest BCUT2D eigenvalue weighted by atomic mass is 35.5. The van der Waals surface area contributed by atoms with Crippen molar-refractivity contribution in [2.45, 2.75) is 20.8 Å². The molecule has 0 aliphatic carbocycles. The minimum atomic E-state index is 0.514. The van der Waals surface area contributed by atoms with Gasteiger partial charge in [0.2, 0.25) is 5.88 Å². The Morgan fingerprint density at radius 2 is 1.94 bits per heavy atom. The Bertz CT molecular complexity index is 579. The van der Waals surface area contributed by atoms with Crippen molar-refractivity contribution in [3.63, 3.8) is 0 Å². The molecule has 0 saturated heterocycles. The Hall–Kier alpha value is -1.19.